The van der Waals surface area contributed by atoms with Crippen molar-refractivity contribution in [1.82, 2.24) is 9.78 Å². The van der Waals surface area contributed by atoms with E-state index in [1.165, 1.54) is 29.2 Å². The number of rotatable bonds is 6. The van der Waals surface area contributed by atoms with E-state index in [9.17, 15) is 18.0 Å². The Balaban J connectivity index is 1.70. The largest absolute Gasteiger partial charge is 0.484 e. The van der Waals surface area contributed by atoms with Gasteiger partial charge >= 0.3 is 6.18 Å². The number of aromatic nitrogens is 2. The van der Waals surface area contributed by atoms with Gasteiger partial charge in [0.1, 0.15) is 5.75 Å². The predicted molar refractivity (Wildman–Crippen MR) is 103 cm³/mol. The SMILES string of the molecule is CC(C)c1ccc(OCC(=O)Nc2ccc(-n3cccn3)cc2C(F)(F)F)cc1. The molecule has 0 fully saturated rings. The highest BCUT2D eigenvalue weighted by Crippen LogP contribution is 2.36. The standard InChI is InChI=1S/C21H20F3N3O2/c1-14(2)15-4-7-17(8-5-15)29-13-20(28)26-19-9-6-16(27-11-3-10-25-27)12-18(19)21(22,23)24/h3-12,14H,13H2,1-2H3,(H,26,28). The van der Waals surface area contributed by atoms with Crippen LogP contribution in [0.3, 0.4) is 0 Å². The van der Waals surface area contributed by atoms with Crippen molar-refractivity contribution >= 4 is 11.6 Å². The lowest BCUT2D eigenvalue weighted by Crippen LogP contribution is -2.22. The molecule has 2 aromatic carbocycles. The second-order valence-corrected chi connectivity index (χ2v) is 6.74. The average Bonchev–Trinajstić information content (AvgIpc) is 3.21. The molecule has 1 aromatic heterocycles. The topological polar surface area (TPSA) is 56.1 Å². The van der Waals surface area contributed by atoms with Gasteiger partial charge < -0.3 is 10.1 Å². The smallest absolute Gasteiger partial charge is 0.418 e. The van der Waals surface area contributed by atoms with Gasteiger partial charge in [0, 0.05) is 12.4 Å². The molecule has 0 aliphatic carbocycles. The van der Waals surface area contributed by atoms with Crippen LogP contribution in [0, 0.1) is 0 Å². The van der Waals surface area contributed by atoms with E-state index in [-0.39, 0.29) is 11.4 Å². The lowest BCUT2D eigenvalue weighted by molar-refractivity contribution is -0.137. The summed E-state index contributed by atoms with van der Waals surface area (Å²) in [5, 5.41) is 6.20. The number of halogens is 3. The molecule has 0 unspecified atom stereocenters. The average molecular weight is 403 g/mol. The van der Waals surface area contributed by atoms with E-state index in [2.05, 4.69) is 24.3 Å². The minimum absolute atomic E-state index is 0.238. The van der Waals surface area contributed by atoms with Crippen LogP contribution in [0.25, 0.3) is 5.69 Å². The fourth-order valence-electron chi connectivity index (χ4n) is 2.72. The van der Waals surface area contributed by atoms with Gasteiger partial charge in [-0.15, -0.1) is 0 Å². The van der Waals surface area contributed by atoms with Crippen molar-refractivity contribution in [3.8, 4) is 11.4 Å². The second-order valence-electron chi connectivity index (χ2n) is 6.74. The molecule has 0 aliphatic rings. The van der Waals surface area contributed by atoms with E-state index in [0.717, 1.165) is 11.6 Å². The molecule has 3 rings (SSSR count). The van der Waals surface area contributed by atoms with Gasteiger partial charge in [-0.1, -0.05) is 26.0 Å². The van der Waals surface area contributed by atoms with Gasteiger partial charge in [-0.2, -0.15) is 18.3 Å². The number of anilines is 1. The maximum absolute atomic E-state index is 13.5. The van der Waals surface area contributed by atoms with Gasteiger partial charge in [-0.25, -0.2) is 4.68 Å². The first-order chi connectivity index (χ1) is 13.7. The normalized spacial score (nSPS) is 11.5. The molecular formula is C21H20F3N3O2. The number of nitrogens with zero attached hydrogens (tertiary/aromatic N) is 2. The lowest BCUT2D eigenvalue weighted by atomic mass is 10.0. The van der Waals surface area contributed by atoms with Crippen LogP contribution < -0.4 is 10.1 Å². The second kappa shape index (κ2) is 8.38. The summed E-state index contributed by atoms with van der Waals surface area (Å²) in [6.07, 6.45) is -1.64. The third kappa shape index (κ3) is 5.16. The third-order valence-electron chi connectivity index (χ3n) is 4.27. The van der Waals surface area contributed by atoms with Crippen LogP contribution in [0.15, 0.2) is 60.9 Å². The number of hydrogen-bond acceptors (Lipinski definition) is 3. The molecule has 0 atom stereocenters. The molecule has 3 aromatic rings. The van der Waals surface area contributed by atoms with Gasteiger partial charge in [-0.3, -0.25) is 4.79 Å². The van der Waals surface area contributed by atoms with Crippen LogP contribution in [0.1, 0.15) is 30.9 Å². The van der Waals surface area contributed by atoms with Crippen molar-refractivity contribution in [3.63, 3.8) is 0 Å². The van der Waals surface area contributed by atoms with Crippen molar-refractivity contribution in [2.45, 2.75) is 25.9 Å². The Kier molecular flexibility index (Phi) is 5.91. The molecule has 0 saturated carbocycles. The van der Waals surface area contributed by atoms with E-state index in [1.54, 1.807) is 18.2 Å². The summed E-state index contributed by atoms with van der Waals surface area (Å²) >= 11 is 0. The molecule has 5 nitrogen and oxygen atoms in total. The fourth-order valence-corrected chi connectivity index (χ4v) is 2.72. The minimum atomic E-state index is -4.64. The highest BCUT2D eigenvalue weighted by atomic mass is 19.4. The van der Waals surface area contributed by atoms with Crippen molar-refractivity contribution < 1.29 is 22.7 Å². The zero-order valence-electron chi connectivity index (χ0n) is 15.9. The molecule has 8 heteroatoms. The number of ether oxygens (including phenoxy) is 1. The van der Waals surface area contributed by atoms with Crippen LogP contribution in [0.2, 0.25) is 0 Å². The van der Waals surface area contributed by atoms with Crippen LogP contribution in [-0.4, -0.2) is 22.3 Å². The molecule has 0 radical (unpaired) electrons. The number of hydrogen-bond donors (Lipinski definition) is 1. The highest BCUT2D eigenvalue weighted by molar-refractivity contribution is 5.93. The number of carbonyl (C=O) groups excluding carboxylic acids is 1. The Bertz CT molecular complexity index is 966. The molecule has 0 aliphatic heterocycles. The van der Waals surface area contributed by atoms with Crippen LogP contribution >= 0.6 is 0 Å². The van der Waals surface area contributed by atoms with E-state index < -0.39 is 24.3 Å². The monoisotopic (exact) mass is 403 g/mol. The molecule has 1 amide bonds. The first-order valence-electron chi connectivity index (χ1n) is 8.98. The summed E-state index contributed by atoms with van der Waals surface area (Å²) in [6.45, 7) is 3.71. The molecule has 0 saturated heterocycles. The lowest BCUT2D eigenvalue weighted by Gasteiger charge is -2.16. The van der Waals surface area contributed by atoms with Gasteiger partial charge in [0.25, 0.3) is 5.91 Å². The van der Waals surface area contributed by atoms with E-state index >= 15 is 0 Å². The van der Waals surface area contributed by atoms with Gasteiger partial charge in [0.2, 0.25) is 0 Å². The first-order valence-corrected chi connectivity index (χ1v) is 8.98. The Morgan fingerprint density at radius 3 is 2.48 bits per heavy atom. The van der Waals surface area contributed by atoms with Crippen molar-refractivity contribution in [3.05, 3.63) is 72.1 Å². The molecule has 152 valence electrons. The van der Waals surface area contributed by atoms with Gasteiger partial charge in [0.15, 0.2) is 6.61 Å². The Morgan fingerprint density at radius 1 is 1.17 bits per heavy atom. The fraction of sp³-hybridized carbons (Fsp3) is 0.238. The summed E-state index contributed by atoms with van der Waals surface area (Å²) in [5.41, 5.74) is 0.0630. The number of alkyl halides is 3. The quantitative estimate of drug-likeness (QED) is 0.628. The van der Waals surface area contributed by atoms with Crippen LogP contribution in [0.4, 0.5) is 18.9 Å². The zero-order valence-corrected chi connectivity index (χ0v) is 15.9. The Labute approximate surface area is 166 Å². The molecular weight excluding hydrogens is 383 g/mol. The maximum Gasteiger partial charge on any atom is 0.418 e. The number of benzene rings is 2. The molecule has 1 heterocycles. The summed E-state index contributed by atoms with van der Waals surface area (Å²) < 4.78 is 47.1. The molecule has 1 N–H and O–H groups in total. The van der Waals surface area contributed by atoms with Crippen LogP contribution in [0.5, 0.6) is 5.75 Å². The summed E-state index contributed by atoms with van der Waals surface area (Å²) in [7, 11) is 0. The van der Waals surface area contributed by atoms with E-state index in [4.69, 9.17) is 4.74 Å². The highest BCUT2D eigenvalue weighted by Gasteiger charge is 2.34. The summed E-state index contributed by atoms with van der Waals surface area (Å²) in [4.78, 5) is 12.1. The number of amides is 1. The van der Waals surface area contributed by atoms with Crippen molar-refractivity contribution in [1.29, 1.82) is 0 Å². The van der Waals surface area contributed by atoms with Gasteiger partial charge in [0.05, 0.1) is 16.9 Å². The van der Waals surface area contributed by atoms with Gasteiger partial charge in [-0.05, 0) is 47.9 Å². The first kappa shape index (κ1) is 20.4. The van der Waals surface area contributed by atoms with E-state index in [1.807, 2.05) is 12.1 Å². The number of carbonyl (C=O) groups is 1. The zero-order chi connectivity index (χ0) is 21.0. The van der Waals surface area contributed by atoms with E-state index in [0.29, 0.717) is 11.7 Å². The molecule has 0 spiro atoms. The number of nitrogens with one attached hydrogen (secondary N) is 1. The maximum atomic E-state index is 13.5. The van der Waals surface area contributed by atoms with Crippen molar-refractivity contribution in [2.75, 3.05) is 11.9 Å². The Hall–Kier alpha value is -3.29. The van der Waals surface area contributed by atoms with Crippen molar-refractivity contribution in [2.24, 2.45) is 0 Å². The minimum Gasteiger partial charge on any atom is -0.484 e. The predicted octanol–water partition coefficient (Wildman–Crippen LogP) is 5.03. The Morgan fingerprint density at radius 2 is 1.90 bits per heavy atom. The summed E-state index contributed by atoms with van der Waals surface area (Å²) in [5.74, 6) is 0.141. The summed E-state index contributed by atoms with van der Waals surface area (Å²) in [6, 6.07) is 12.4. The third-order valence-corrected chi connectivity index (χ3v) is 4.27. The molecule has 0 bridgehead atoms. The molecule has 29 heavy (non-hydrogen) atoms. The van der Waals surface area contributed by atoms with Crippen LogP contribution in [-0.2, 0) is 11.0 Å².